The van der Waals surface area contributed by atoms with E-state index in [1.54, 1.807) is 6.07 Å². The summed E-state index contributed by atoms with van der Waals surface area (Å²) < 4.78 is 6.63. The van der Waals surface area contributed by atoms with Gasteiger partial charge in [-0.25, -0.2) is 4.79 Å². The highest BCUT2D eigenvalue weighted by Crippen LogP contribution is 2.28. The zero-order valence-corrected chi connectivity index (χ0v) is 13.2. The van der Waals surface area contributed by atoms with E-state index in [1.807, 2.05) is 0 Å². The summed E-state index contributed by atoms with van der Waals surface area (Å²) in [6.07, 6.45) is 1.46. The number of hydrogen-bond donors (Lipinski definition) is 1. The predicted octanol–water partition coefficient (Wildman–Crippen LogP) is 4.91. The van der Waals surface area contributed by atoms with Crippen LogP contribution in [0.4, 0.5) is 5.69 Å². The first kappa shape index (κ1) is 14.3. The highest BCUT2D eigenvalue weighted by atomic mass is 79.9. The van der Waals surface area contributed by atoms with Crippen molar-refractivity contribution in [3.8, 4) is 0 Å². The number of hydrogen-bond acceptors (Lipinski definition) is 3. The van der Waals surface area contributed by atoms with E-state index in [9.17, 15) is 4.79 Å². The molecule has 0 atom stereocenters. The first-order valence-corrected chi connectivity index (χ1v) is 6.95. The summed E-state index contributed by atoms with van der Waals surface area (Å²) in [5.41, 5.74) is 0.489. The zero-order valence-electron chi connectivity index (χ0n) is 9.23. The van der Waals surface area contributed by atoms with Crippen molar-refractivity contribution in [2.45, 2.75) is 0 Å². The van der Waals surface area contributed by atoms with Crippen molar-refractivity contribution in [3.63, 3.8) is 0 Å². The largest absolute Gasteiger partial charge is 0.478 e. The SMILES string of the molecule is O=C(O)c1ccc(Cl)c(N=Cc2cc(Br)c(Br)o2)c1. The van der Waals surface area contributed by atoms with Gasteiger partial charge in [0.1, 0.15) is 5.76 Å². The molecule has 7 heteroatoms. The van der Waals surface area contributed by atoms with E-state index < -0.39 is 5.97 Å². The van der Waals surface area contributed by atoms with E-state index in [0.29, 0.717) is 21.1 Å². The second kappa shape index (κ2) is 5.90. The van der Waals surface area contributed by atoms with E-state index in [0.717, 1.165) is 4.47 Å². The number of halogens is 3. The molecule has 0 saturated carbocycles. The van der Waals surface area contributed by atoms with Crippen LogP contribution in [0.3, 0.4) is 0 Å². The second-order valence-corrected chi connectivity index (χ2v) is 5.48. The van der Waals surface area contributed by atoms with E-state index in [-0.39, 0.29) is 5.56 Å². The van der Waals surface area contributed by atoms with Crippen LogP contribution in [0.2, 0.25) is 5.02 Å². The van der Waals surface area contributed by atoms with Gasteiger partial charge in [-0.3, -0.25) is 4.99 Å². The van der Waals surface area contributed by atoms with Crippen LogP contribution in [0, 0.1) is 0 Å². The monoisotopic (exact) mass is 405 g/mol. The Labute approximate surface area is 130 Å². The Kier molecular flexibility index (Phi) is 4.44. The van der Waals surface area contributed by atoms with Crippen LogP contribution in [-0.4, -0.2) is 17.3 Å². The van der Waals surface area contributed by atoms with Crippen molar-refractivity contribution in [3.05, 3.63) is 49.8 Å². The molecule has 98 valence electrons. The fourth-order valence-corrected chi connectivity index (χ4v) is 2.08. The molecule has 0 amide bonds. The van der Waals surface area contributed by atoms with Crippen molar-refractivity contribution in [1.29, 1.82) is 0 Å². The Morgan fingerprint density at radius 1 is 1.37 bits per heavy atom. The van der Waals surface area contributed by atoms with Crippen LogP contribution < -0.4 is 0 Å². The summed E-state index contributed by atoms with van der Waals surface area (Å²) in [4.78, 5) is 15.0. The van der Waals surface area contributed by atoms with Gasteiger partial charge in [0.25, 0.3) is 0 Å². The molecule has 2 rings (SSSR count). The van der Waals surface area contributed by atoms with Gasteiger partial charge in [-0.2, -0.15) is 0 Å². The number of rotatable bonds is 3. The molecule has 0 aliphatic carbocycles. The first-order chi connectivity index (χ1) is 8.97. The van der Waals surface area contributed by atoms with E-state index >= 15 is 0 Å². The smallest absolute Gasteiger partial charge is 0.335 e. The normalized spacial score (nSPS) is 11.1. The minimum atomic E-state index is -1.03. The van der Waals surface area contributed by atoms with Crippen LogP contribution in [0.25, 0.3) is 0 Å². The van der Waals surface area contributed by atoms with Crippen LogP contribution in [-0.2, 0) is 0 Å². The zero-order chi connectivity index (χ0) is 14.0. The molecule has 0 fully saturated rings. The Morgan fingerprint density at radius 2 is 2.11 bits per heavy atom. The summed E-state index contributed by atoms with van der Waals surface area (Å²) in [7, 11) is 0. The Morgan fingerprint density at radius 3 is 2.68 bits per heavy atom. The lowest BCUT2D eigenvalue weighted by atomic mass is 10.2. The maximum atomic E-state index is 10.9. The van der Waals surface area contributed by atoms with Crippen molar-refractivity contribution < 1.29 is 14.3 Å². The molecule has 4 nitrogen and oxygen atoms in total. The van der Waals surface area contributed by atoms with Gasteiger partial charge in [-0.15, -0.1) is 0 Å². The number of benzene rings is 1. The van der Waals surface area contributed by atoms with Crippen molar-refractivity contribution >= 4 is 61.3 Å². The molecule has 19 heavy (non-hydrogen) atoms. The van der Waals surface area contributed by atoms with E-state index in [1.165, 1.54) is 24.4 Å². The third-order valence-corrected chi connectivity index (χ3v) is 4.22. The van der Waals surface area contributed by atoms with Crippen LogP contribution in [0.5, 0.6) is 0 Å². The summed E-state index contributed by atoms with van der Waals surface area (Å²) in [6, 6.07) is 6.03. The summed E-state index contributed by atoms with van der Waals surface area (Å²) in [5, 5.41) is 9.27. The van der Waals surface area contributed by atoms with E-state index in [4.69, 9.17) is 21.1 Å². The highest BCUT2D eigenvalue weighted by Gasteiger charge is 2.07. The van der Waals surface area contributed by atoms with Crippen LogP contribution in [0.15, 0.2) is 42.8 Å². The van der Waals surface area contributed by atoms with Crippen LogP contribution >= 0.6 is 43.5 Å². The van der Waals surface area contributed by atoms with Gasteiger partial charge in [0, 0.05) is 6.07 Å². The molecular weight excluding hydrogens is 401 g/mol. The van der Waals surface area contributed by atoms with E-state index in [2.05, 4.69) is 36.9 Å². The first-order valence-electron chi connectivity index (χ1n) is 4.99. The molecular formula is C12H6Br2ClNO3. The molecule has 1 aromatic carbocycles. The Bertz CT molecular complexity index is 647. The summed E-state index contributed by atoms with van der Waals surface area (Å²) in [6.45, 7) is 0. The molecule has 0 aliphatic rings. The lowest BCUT2D eigenvalue weighted by molar-refractivity contribution is 0.0697. The minimum Gasteiger partial charge on any atom is -0.478 e. The Balaban J connectivity index is 2.32. The molecule has 2 aromatic rings. The summed E-state index contributed by atoms with van der Waals surface area (Å²) in [5.74, 6) is -0.521. The van der Waals surface area contributed by atoms with Gasteiger partial charge in [0.15, 0.2) is 4.67 Å². The minimum absolute atomic E-state index is 0.123. The molecule has 0 radical (unpaired) electrons. The van der Waals surface area contributed by atoms with Gasteiger partial charge in [0.05, 0.1) is 27.0 Å². The molecule has 0 spiro atoms. The molecule has 1 aromatic heterocycles. The lowest BCUT2D eigenvalue weighted by Crippen LogP contribution is -1.94. The van der Waals surface area contributed by atoms with Crippen molar-refractivity contribution in [2.75, 3.05) is 0 Å². The topological polar surface area (TPSA) is 62.8 Å². The highest BCUT2D eigenvalue weighted by molar-refractivity contribution is 9.13. The molecule has 0 bridgehead atoms. The van der Waals surface area contributed by atoms with Gasteiger partial charge in [-0.1, -0.05) is 11.6 Å². The molecule has 0 saturated heterocycles. The molecule has 1 N–H and O–H groups in total. The quantitative estimate of drug-likeness (QED) is 0.736. The number of nitrogens with zero attached hydrogens (tertiary/aromatic N) is 1. The standard InChI is InChI=1S/C12H6Br2ClNO3/c13-8-4-7(19-11(8)14)5-16-10-3-6(12(17)18)1-2-9(10)15/h1-5H,(H,17,18). The number of furan rings is 1. The van der Waals surface area contributed by atoms with Gasteiger partial charge in [-0.05, 0) is 50.1 Å². The average molecular weight is 407 g/mol. The second-order valence-electron chi connectivity index (χ2n) is 3.50. The Hall–Kier alpha value is -1.11. The number of aromatic carboxylic acids is 1. The number of carboxylic acids is 1. The summed E-state index contributed by atoms with van der Waals surface area (Å²) >= 11 is 12.4. The van der Waals surface area contributed by atoms with Crippen LogP contribution in [0.1, 0.15) is 16.1 Å². The fraction of sp³-hybridized carbons (Fsp3) is 0. The van der Waals surface area contributed by atoms with Crippen molar-refractivity contribution in [2.24, 2.45) is 4.99 Å². The maximum absolute atomic E-state index is 10.9. The maximum Gasteiger partial charge on any atom is 0.335 e. The average Bonchev–Trinajstić information content (AvgIpc) is 2.67. The molecule has 1 heterocycles. The predicted molar refractivity (Wildman–Crippen MR) is 79.8 cm³/mol. The van der Waals surface area contributed by atoms with Gasteiger partial charge < -0.3 is 9.52 Å². The lowest BCUT2D eigenvalue weighted by Gasteiger charge is -1.99. The number of aliphatic imine (C=N–C) groups is 1. The number of carboxylic acid groups (broad SMARTS) is 1. The van der Waals surface area contributed by atoms with Gasteiger partial charge in [0.2, 0.25) is 0 Å². The number of carbonyl (C=O) groups is 1. The van der Waals surface area contributed by atoms with Gasteiger partial charge >= 0.3 is 5.97 Å². The van der Waals surface area contributed by atoms with Crippen molar-refractivity contribution in [1.82, 2.24) is 0 Å². The third-order valence-electron chi connectivity index (χ3n) is 2.19. The molecule has 0 unspecified atom stereocenters. The fourth-order valence-electron chi connectivity index (χ4n) is 1.30. The third kappa shape index (κ3) is 3.46. The molecule has 0 aliphatic heterocycles.